The van der Waals surface area contributed by atoms with E-state index in [4.69, 9.17) is 4.74 Å². The molecule has 6 heteroatoms. The van der Waals surface area contributed by atoms with Crippen LogP contribution in [0.3, 0.4) is 0 Å². The van der Waals surface area contributed by atoms with Gasteiger partial charge in [0.15, 0.2) is 0 Å². The molecule has 0 aromatic carbocycles. The molecular weight excluding hydrogens is 242 g/mol. The van der Waals surface area contributed by atoms with Gasteiger partial charge in [-0.1, -0.05) is 0 Å². The Bertz CT molecular complexity index is 528. The molecule has 6 nitrogen and oxygen atoms in total. The Kier molecular flexibility index (Phi) is 3.31. The van der Waals surface area contributed by atoms with Crippen LogP contribution in [0.25, 0.3) is 0 Å². The predicted octanol–water partition coefficient (Wildman–Crippen LogP) is 1.35. The first kappa shape index (κ1) is 12.0. The van der Waals surface area contributed by atoms with Gasteiger partial charge in [0, 0.05) is 31.2 Å². The molecule has 1 fully saturated rings. The van der Waals surface area contributed by atoms with E-state index in [-0.39, 0.29) is 0 Å². The third-order valence-corrected chi connectivity index (χ3v) is 3.42. The van der Waals surface area contributed by atoms with Crippen molar-refractivity contribution in [3.63, 3.8) is 0 Å². The van der Waals surface area contributed by atoms with E-state index in [9.17, 15) is 0 Å². The lowest BCUT2D eigenvalue weighted by Crippen LogP contribution is -2.34. The highest BCUT2D eigenvalue weighted by molar-refractivity contribution is 5.35. The zero-order chi connectivity index (χ0) is 13.1. The Hall–Kier alpha value is -2.11. The van der Waals surface area contributed by atoms with Gasteiger partial charge in [0.2, 0.25) is 11.8 Å². The molecule has 3 heterocycles. The van der Waals surface area contributed by atoms with Crippen LogP contribution < -0.4 is 9.64 Å². The van der Waals surface area contributed by atoms with Gasteiger partial charge >= 0.3 is 0 Å². The zero-order valence-electron chi connectivity index (χ0n) is 10.9. The number of nitrogens with zero attached hydrogens (tertiary/aromatic N) is 5. The molecule has 19 heavy (non-hydrogen) atoms. The third kappa shape index (κ3) is 2.52. The summed E-state index contributed by atoms with van der Waals surface area (Å²) in [5.41, 5.74) is 0. The van der Waals surface area contributed by atoms with Gasteiger partial charge in [0.05, 0.1) is 19.7 Å². The third-order valence-electron chi connectivity index (χ3n) is 3.42. The highest BCUT2D eigenvalue weighted by Crippen LogP contribution is 2.24. The summed E-state index contributed by atoms with van der Waals surface area (Å²) in [6, 6.07) is 4.11. The molecule has 0 amide bonds. The molecule has 1 aliphatic heterocycles. The summed E-state index contributed by atoms with van der Waals surface area (Å²) >= 11 is 0. The second kappa shape index (κ2) is 5.26. The smallest absolute Gasteiger partial charge is 0.228 e. The first-order valence-corrected chi connectivity index (χ1v) is 6.48. The lowest BCUT2D eigenvalue weighted by Gasteiger charge is -2.24. The van der Waals surface area contributed by atoms with Crippen LogP contribution in [-0.2, 0) is 6.54 Å². The fourth-order valence-corrected chi connectivity index (χ4v) is 2.50. The molecule has 0 bridgehead atoms. The summed E-state index contributed by atoms with van der Waals surface area (Å²) in [4.78, 5) is 11.0. The molecule has 2 aromatic heterocycles. The van der Waals surface area contributed by atoms with Gasteiger partial charge in [-0.05, 0) is 18.9 Å². The normalized spacial score (nSPS) is 18.8. The van der Waals surface area contributed by atoms with Gasteiger partial charge in [-0.2, -0.15) is 10.1 Å². The van der Waals surface area contributed by atoms with Crippen molar-refractivity contribution in [2.45, 2.75) is 25.4 Å². The Balaban J connectivity index is 1.78. The number of methoxy groups -OCH3 is 1. The molecule has 0 N–H and O–H groups in total. The summed E-state index contributed by atoms with van der Waals surface area (Å²) in [7, 11) is 1.62. The Morgan fingerprint density at radius 2 is 2.37 bits per heavy atom. The fourth-order valence-electron chi connectivity index (χ4n) is 2.50. The van der Waals surface area contributed by atoms with E-state index >= 15 is 0 Å². The van der Waals surface area contributed by atoms with E-state index in [0.29, 0.717) is 11.9 Å². The largest absolute Gasteiger partial charge is 0.481 e. The standard InChI is InChI=1S/C13H17N5O/c1-19-12-5-7-14-13(16-12)18-9-2-4-11(18)10-17-8-3-6-15-17/h3,5-8,11H,2,4,9-10H2,1H3/t11-/m0/s1. The number of ether oxygens (including phenoxy) is 1. The maximum atomic E-state index is 5.16. The summed E-state index contributed by atoms with van der Waals surface area (Å²) in [6.45, 7) is 1.85. The van der Waals surface area contributed by atoms with Crippen LogP contribution in [0.2, 0.25) is 0 Å². The summed E-state index contributed by atoms with van der Waals surface area (Å²) in [5, 5.41) is 4.27. The first-order chi connectivity index (χ1) is 9.36. The average molecular weight is 259 g/mol. The topological polar surface area (TPSA) is 56.1 Å². The monoisotopic (exact) mass is 259 g/mol. The van der Waals surface area contributed by atoms with Crippen molar-refractivity contribution in [1.82, 2.24) is 19.7 Å². The molecule has 100 valence electrons. The van der Waals surface area contributed by atoms with E-state index < -0.39 is 0 Å². The van der Waals surface area contributed by atoms with Gasteiger partial charge < -0.3 is 9.64 Å². The molecule has 0 radical (unpaired) electrons. The van der Waals surface area contributed by atoms with Crippen LogP contribution in [0.1, 0.15) is 12.8 Å². The minimum Gasteiger partial charge on any atom is -0.481 e. The van der Waals surface area contributed by atoms with Crippen LogP contribution in [0.5, 0.6) is 5.88 Å². The SMILES string of the molecule is COc1ccnc(N2CCC[C@H]2Cn2cccn2)n1. The van der Waals surface area contributed by atoms with Gasteiger partial charge in [0.25, 0.3) is 0 Å². The van der Waals surface area contributed by atoms with Crippen LogP contribution in [0.15, 0.2) is 30.7 Å². The van der Waals surface area contributed by atoms with Crippen molar-refractivity contribution in [2.75, 3.05) is 18.6 Å². The van der Waals surface area contributed by atoms with Gasteiger partial charge in [-0.15, -0.1) is 0 Å². The Morgan fingerprint density at radius 1 is 1.42 bits per heavy atom. The molecule has 1 aliphatic rings. The van der Waals surface area contributed by atoms with Crippen molar-refractivity contribution in [3.05, 3.63) is 30.7 Å². The summed E-state index contributed by atoms with van der Waals surface area (Å²) < 4.78 is 7.12. The summed E-state index contributed by atoms with van der Waals surface area (Å²) in [5.74, 6) is 1.35. The molecule has 3 rings (SSSR count). The van der Waals surface area contributed by atoms with Crippen molar-refractivity contribution < 1.29 is 4.74 Å². The molecule has 0 unspecified atom stereocenters. The number of hydrogen-bond donors (Lipinski definition) is 0. The van der Waals surface area contributed by atoms with E-state index in [1.807, 2.05) is 16.9 Å². The number of hydrogen-bond acceptors (Lipinski definition) is 5. The van der Waals surface area contributed by atoms with Gasteiger partial charge in [-0.25, -0.2) is 4.98 Å². The quantitative estimate of drug-likeness (QED) is 0.829. The van der Waals surface area contributed by atoms with Crippen molar-refractivity contribution in [1.29, 1.82) is 0 Å². The number of rotatable bonds is 4. The van der Waals surface area contributed by atoms with E-state index in [1.54, 1.807) is 25.6 Å². The van der Waals surface area contributed by atoms with Crippen LogP contribution in [0.4, 0.5) is 5.95 Å². The highest BCUT2D eigenvalue weighted by atomic mass is 16.5. The Labute approximate surface area is 112 Å². The van der Waals surface area contributed by atoms with Crippen LogP contribution >= 0.6 is 0 Å². The van der Waals surface area contributed by atoms with Crippen molar-refractivity contribution in [3.8, 4) is 5.88 Å². The minimum absolute atomic E-state index is 0.395. The van der Waals surface area contributed by atoms with Crippen LogP contribution in [0, 0.1) is 0 Å². The molecule has 2 aromatic rings. The molecule has 1 atom stereocenters. The number of aromatic nitrogens is 4. The van der Waals surface area contributed by atoms with Crippen molar-refractivity contribution >= 4 is 5.95 Å². The fraction of sp³-hybridized carbons (Fsp3) is 0.462. The second-order valence-corrected chi connectivity index (χ2v) is 4.62. The molecule has 0 saturated carbocycles. The highest BCUT2D eigenvalue weighted by Gasteiger charge is 2.27. The predicted molar refractivity (Wildman–Crippen MR) is 71.2 cm³/mol. The summed E-state index contributed by atoms with van der Waals surface area (Å²) in [6.07, 6.45) is 7.83. The lowest BCUT2D eigenvalue weighted by molar-refractivity contribution is 0.396. The lowest BCUT2D eigenvalue weighted by atomic mass is 10.2. The van der Waals surface area contributed by atoms with E-state index in [1.165, 1.54) is 0 Å². The van der Waals surface area contributed by atoms with E-state index in [2.05, 4.69) is 20.0 Å². The maximum Gasteiger partial charge on any atom is 0.228 e. The van der Waals surface area contributed by atoms with Crippen molar-refractivity contribution in [2.24, 2.45) is 0 Å². The average Bonchev–Trinajstić information content (AvgIpc) is 3.11. The maximum absolute atomic E-state index is 5.16. The van der Waals surface area contributed by atoms with E-state index in [0.717, 1.165) is 31.9 Å². The molecule has 0 aliphatic carbocycles. The zero-order valence-corrected chi connectivity index (χ0v) is 10.9. The molecule has 0 spiro atoms. The first-order valence-electron chi connectivity index (χ1n) is 6.48. The molecule has 1 saturated heterocycles. The minimum atomic E-state index is 0.395. The molecular formula is C13H17N5O. The van der Waals surface area contributed by atoms with Gasteiger partial charge in [-0.3, -0.25) is 4.68 Å². The van der Waals surface area contributed by atoms with Crippen LogP contribution in [-0.4, -0.2) is 39.4 Å². The Morgan fingerprint density at radius 3 is 3.16 bits per heavy atom. The van der Waals surface area contributed by atoms with Gasteiger partial charge in [0.1, 0.15) is 0 Å². The second-order valence-electron chi connectivity index (χ2n) is 4.62. The number of anilines is 1.